The normalized spacial score (nSPS) is 15.5. The molecule has 2 atom stereocenters. The van der Waals surface area contributed by atoms with Crippen LogP contribution in [-0.2, 0) is 6.42 Å². The Bertz CT molecular complexity index is 4100. The summed E-state index contributed by atoms with van der Waals surface area (Å²) in [5, 5.41) is 12.5. The Kier molecular flexibility index (Phi) is 8.69. The predicted molar refractivity (Wildman–Crippen MR) is 289 cm³/mol. The lowest BCUT2D eigenvalue weighted by Gasteiger charge is -2.34. The van der Waals surface area contributed by atoms with Gasteiger partial charge in [-0.1, -0.05) is 176 Å². The molecule has 14 rings (SSSR count). The van der Waals surface area contributed by atoms with Crippen molar-refractivity contribution in [1.29, 1.82) is 0 Å². The topological polar surface area (TPSA) is 20.5 Å². The van der Waals surface area contributed by atoms with E-state index in [2.05, 4.69) is 247 Å². The van der Waals surface area contributed by atoms with Gasteiger partial charge in [-0.2, -0.15) is 0 Å². The van der Waals surface area contributed by atoms with Crippen LogP contribution in [0.1, 0.15) is 34.2 Å². The molecule has 0 N–H and O–H groups in total. The number of allylic oxidation sites excluding steroid dienone is 1. The third-order valence-electron chi connectivity index (χ3n) is 14.9. The van der Waals surface area contributed by atoms with E-state index in [1.807, 2.05) is 0 Å². The van der Waals surface area contributed by atoms with Crippen LogP contribution in [0.3, 0.4) is 0 Å². The molecule has 1 aromatic heterocycles. The maximum absolute atomic E-state index is 5.15. The molecule has 3 heteroatoms. The summed E-state index contributed by atoms with van der Waals surface area (Å²) >= 11 is 0. The monoisotopic (exact) mass is 867 g/mol. The molecule has 0 saturated carbocycles. The van der Waals surface area contributed by atoms with Gasteiger partial charge in [-0.05, 0) is 132 Å². The quantitative estimate of drug-likeness (QED) is 0.158. The third-order valence-corrected chi connectivity index (χ3v) is 14.9. The number of rotatable bonds is 5. The lowest BCUT2D eigenvalue weighted by molar-refractivity contribution is 0.820. The van der Waals surface area contributed by atoms with E-state index in [9.17, 15) is 0 Å². The van der Waals surface area contributed by atoms with Crippen LogP contribution in [0.2, 0.25) is 0 Å². The number of aliphatic imine (C=N–C) groups is 1. The number of anilines is 1. The first-order valence-corrected chi connectivity index (χ1v) is 23.8. The summed E-state index contributed by atoms with van der Waals surface area (Å²) in [4.78, 5) is 7.57. The zero-order chi connectivity index (χ0) is 44.9. The minimum atomic E-state index is 0.0457. The van der Waals surface area contributed by atoms with E-state index in [4.69, 9.17) is 4.99 Å². The maximum atomic E-state index is 5.15. The number of fused-ring (bicyclic) bond motifs is 12. The summed E-state index contributed by atoms with van der Waals surface area (Å²) in [7, 11) is 2.22. The number of nitrogens with zero attached hydrogens (tertiary/aromatic N) is 3. The number of benzene rings is 11. The Labute approximate surface area is 395 Å². The standard InChI is InChI=1S/C65H45N3/c1-67-63(40-66-64-59-16-7-5-13-55(59)56-14-6-8-17-60(56)65(64)67)53-30-29-49-36-47(26-28-51(49)38-53)45-22-21-41-33-42(19-20-43(41)34-45)44-23-24-48-37-50(27-25-46(48)35-44)52-31-32-58-57-15-9-10-18-61(57)68(62(58)39-52)54-11-3-2-4-12-54/h2-35,37-40,47,63H,36H2,1H3. The fourth-order valence-corrected chi connectivity index (χ4v) is 11.5. The van der Waals surface area contributed by atoms with Crippen molar-refractivity contribution in [2.24, 2.45) is 4.99 Å². The first kappa shape index (κ1) is 38.7. The summed E-state index contributed by atoms with van der Waals surface area (Å²) in [5.74, 6) is 0.323. The van der Waals surface area contributed by atoms with Crippen LogP contribution < -0.4 is 4.90 Å². The summed E-state index contributed by atoms with van der Waals surface area (Å²) in [6.45, 7) is 0. The van der Waals surface area contributed by atoms with E-state index >= 15 is 0 Å². The van der Waals surface area contributed by atoms with E-state index in [1.54, 1.807) is 0 Å². The highest BCUT2D eigenvalue weighted by Gasteiger charge is 2.27. The summed E-state index contributed by atoms with van der Waals surface area (Å²) in [6, 6.07) is 78.6. The highest BCUT2D eigenvalue weighted by molar-refractivity contribution is 6.21. The molecule has 3 nitrogen and oxygen atoms in total. The molecule has 2 heterocycles. The highest BCUT2D eigenvalue weighted by Crippen LogP contribution is 2.48. The molecule has 0 spiro atoms. The lowest BCUT2D eigenvalue weighted by Crippen LogP contribution is -2.28. The van der Waals surface area contributed by atoms with Crippen LogP contribution >= 0.6 is 0 Å². The van der Waals surface area contributed by atoms with E-state index in [1.165, 1.54) is 121 Å². The fraction of sp³-hybridized carbons (Fsp3) is 0.0615. The van der Waals surface area contributed by atoms with Gasteiger partial charge in [0.15, 0.2) is 0 Å². The average molecular weight is 868 g/mol. The van der Waals surface area contributed by atoms with Gasteiger partial charge in [0, 0.05) is 46.4 Å². The Morgan fingerprint density at radius 2 is 1.00 bits per heavy atom. The summed E-state index contributed by atoms with van der Waals surface area (Å²) in [6.07, 6.45) is 7.85. The highest BCUT2D eigenvalue weighted by atomic mass is 15.2. The van der Waals surface area contributed by atoms with Gasteiger partial charge in [-0.25, -0.2) is 0 Å². The molecule has 12 aromatic rings. The van der Waals surface area contributed by atoms with Crippen molar-refractivity contribution < 1.29 is 0 Å². The molecule has 0 fully saturated rings. The molecular weight excluding hydrogens is 823 g/mol. The molecule has 1 aliphatic heterocycles. The maximum Gasteiger partial charge on any atom is 0.0945 e. The van der Waals surface area contributed by atoms with E-state index in [0.29, 0.717) is 5.92 Å². The molecular formula is C65H45N3. The number of aromatic nitrogens is 1. The first-order chi connectivity index (χ1) is 33.6. The van der Waals surface area contributed by atoms with E-state index < -0.39 is 0 Å². The lowest BCUT2D eigenvalue weighted by atomic mass is 9.83. The predicted octanol–water partition coefficient (Wildman–Crippen LogP) is 17.0. The summed E-state index contributed by atoms with van der Waals surface area (Å²) < 4.78 is 2.39. The molecule has 0 saturated heterocycles. The van der Waals surface area contributed by atoms with Crippen LogP contribution in [-0.4, -0.2) is 17.8 Å². The smallest absolute Gasteiger partial charge is 0.0945 e. The first-order valence-electron chi connectivity index (χ1n) is 23.8. The van der Waals surface area contributed by atoms with Gasteiger partial charge < -0.3 is 9.47 Å². The zero-order valence-corrected chi connectivity index (χ0v) is 37.6. The van der Waals surface area contributed by atoms with Gasteiger partial charge in [0.1, 0.15) is 0 Å². The number of para-hydroxylation sites is 2. The van der Waals surface area contributed by atoms with Crippen LogP contribution in [0.25, 0.3) is 98.9 Å². The Hall–Kier alpha value is -8.53. The van der Waals surface area contributed by atoms with E-state index in [-0.39, 0.29) is 6.04 Å². The van der Waals surface area contributed by atoms with E-state index in [0.717, 1.165) is 12.1 Å². The Morgan fingerprint density at radius 1 is 0.441 bits per heavy atom. The zero-order valence-electron chi connectivity index (χ0n) is 37.6. The second-order valence-electron chi connectivity index (χ2n) is 18.8. The van der Waals surface area contributed by atoms with Gasteiger partial charge in [-0.3, -0.25) is 4.99 Å². The van der Waals surface area contributed by atoms with Gasteiger partial charge in [-0.15, -0.1) is 0 Å². The molecule has 0 bridgehead atoms. The molecule has 2 unspecified atom stereocenters. The van der Waals surface area contributed by atoms with Crippen LogP contribution in [0.15, 0.2) is 223 Å². The van der Waals surface area contributed by atoms with Crippen LogP contribution in [0.5, 0.6) is 0 Å². The molecule has 68 heavy (non-hydrogen) atoms. The van der Waals surface area contributed by atoms with Crippen molar-refractivity contribution >= 4 is 88.6 Å². The fourth-order valence-electron chi connectivity index (χ4n) is 11.5. The van der Waals surface area contributed by atoms with Crippen molar-refractivity contribution in [2.75, 3.05) is 11.9 Å². The van der Waals surface area contributed by atoms with Crippen LogP contribution in [0, 0.1) is 0 Å². The Balaban J connectivity index is 0.711. The molecule has 11 aromatic carbocycles. The third kappa shape index (κ3) is 6.16. The molecule has 2 aliphatic rings. The van der Waals surface area contributed by atoms with Gasteiger partial charge >= 0.3 is 0 Å². The average Bonchev–Trinajstić information content (AvgIpc) is 3.74. The molecule has 0 amide bonds. The SMILES string of the molecule is CN1c2c(c3ccccc3c3ccccc23)N=CC1c1ccc2c(c1)C=CC(c1ccc3cc(-c4ccc5cc(-c6ccc7c8ccccc8n(-c8ccccc8)c7c6)ccc5c4)ccc3c1)C2. The Morgan fingerprint density at radius 3 is 1.74 bits per heavy atom. The minimum absolute atomic E-state index is 0.0457. The summed E-state index contributed by atoms with van der Waals surface area (Å²) in [5.41, 5.74) is 16.1. The molecule has 0 radical (unpaired) electrons. The van der Waals surface area contributed by atoms with Crippen molar-refractivity contribution in [2.45, 2.75) is 18.4 Å². The van der Waals surface area contributed by atoms with Crippen LogP contribution in [0.4, 0.5) is 11.4 Å². The van der Waals surface area contributed by atoms with Gasteiger partial charge in [0.2, 0.25) is 0 Å². The van der Waals surface area contributed by atoms with Gasteiger partial charge in [0.05, 0.1) is 28.5 Å². The largest absolute Gasteiger partial charge is 0.360 e. The number of hydrogen-bond donors (Lipinski definition) is 0. The van der Waals surface area contributed by atoms with Crippen molar-refractivity contribution in [3.05, 3.63) is 241 Å². The van der Waals surface area contributed by atoms with Crippen molar-refractivity contribution in [1.82, 2.24) is 4.57 Å². The second-order valence-corrected chi connectivity index (χ2v) is 18.8. The second kappa shape index (κ2) is 15.3. The molecule has 1 aliphatic carbocycles. The van der Waals surface area contributed by atoms with Gasteiger partial charge in [0.25, 0.3) is 0 Å². The molecule has 320 valence electrons. The van der Waals surface area contributed by atoms with Crippen molar-refractivity contribution in [3.8, 4) is 27.9 Å². The van der Waals surface area contributed by atoms with Crippen molar-refractivity contribution in [3.63, 3.8) is 0 Å². The number of hydrogen-bond acceptors (Lipinski definition) is 2. The minimum Gasteiger partial charge on any atom is -0.360 e.